The van der Waals surface area contributed by atoms with Gasteiger partial charge in [-0.2, -0.15) is 0 Å². The van der Waals surface area contributed by atoms with E-state index in [1.165, 1.54) is 10.5 Å². The second-order valence-corrected chi connectivity index (χ2v) is 5.44. The molecule has 0 heterocycles. The van der Waals surface area contributed by atoms with Gasteiger partial charge in [0.05, 0.1) is 6.61 Å². The molecule has 4 nitrogen and oxygen atoms in total. The highest BCUT2D eigenvalue weighted by Crippen LogP contribution is 2.22. The SMILES string of the molecule is CCCCOSOC(=O)N(C)c1cccc(C(C)C)c1. The van der Waals surface area contributed by atoms with E-state index in [0.29, 0.717) is 12.5 Å². The fourth-order valence-corrected chi connectivity index (χ4v) is 1.95. The number of nitrogens with zero attached hydrogens (tertiary/aromatic N) is 1. The summed E-state index contributed by atoms with van der Waals surface area (Å²) < 4.78 is 10.1. The molecule has 0 unspecified atom stereocenters. The largest absolute Gasteiger partial charge is 0.428 e. The second-order valence-electron chi connectivity index (χ2n) is 4.90. The van der Waals surface area contributed by atoms with E-state index in [-0.39, 0.29) is 0 Å². The van der Waals surface area contributed by atoms with Gasteiger partial charge in [0.1, 0.15) is 0 Å². The third kappa shape index (κ3) is 5.43. The first-order valence-electron chi connectivity index (χ1n) is 6.90. The number of hydrogen-bond donors (Lipinski definition) is 0. The van der Waals surface area contributed by atoms with Gasteiger partial charge in [-0.3, -0.25) is 9.08 Å². The minimum absolute atomic E-state index is 0.422. The lowest BCUT2D eigenvalue weighted by Crippen LogP contribution is -2.25. The third-order valence-corrected chi connectivity index (χ3v) is 3.41. The van der Waals surface area contributed by atoms with Crippen LogP contribution < -0.4 is 4.90 Å². The van der Waals surface area contributed by atoms with Crippen molar-refractivity contribution < 1.29 is 13.2 Å². The Labute approximate surface area is 125 Å². The third-order valence-electron chi connectivity index (χ3n) is 2.93. The van der Waals surface area contributed by atoms with Gasteiger partial charge in [0.15, 0.2) is 0 Å². The van der Waals surface area contributed by atoms with Crippen molar-refractivity contribution in [2.24, 2.45) is 0 Å². The van der Waals surface area contributed by atoms with Gasteiger partial charge in [-0.05, 0) is 30.0 Å². The van der Waals surface area contributed by atoms with Crippen molar-refractivity contribution in [1.82, 2.24) is 0 Å². The summed E-state index contributed by atoms with van der Waals surface area (Å²) in [5.74, 6) is 0.422. The summed E-state index contributed by atoms with van der Waals surface area (Å²) in [7, 11) is 1.69. The highest BCUT2D eigenvalue weighted by molar-refractivity contribution is 7.90. The first-order valence-corrected chi connectivity index (χ1v) is 7.56. The lowest BCUT2D eigenvalue weighted by atomic mass is 10.0. The monoisotopic (exact) mass is 297 g/mol. The maximum absolute atomic E-state index is 11.9. The average Bonchev–Trinajstić information content (AvgIpc) is 2.46. The van der Waals surface area contributed by atoms with Crippen LogP contribution in [0.3, 0.4) is 0 Å². The molecule has 5 heteroatoms. The lowest BCUT2D eigenvalue weighted by Gasteiger charge is -2.17. The Morgan fingerprint density at radius 3 is 2.80 bits per heavy atom. The highest BCUT2D eigenvalue weighted by Gasteiger charge is 2.14. The summed E-state index contributed by atoms with van der Waals surface area (Å²) in [6.07, 6.45) is 1.57. The average molecular weight is 297 g/mol. The minimum atomic E-state index is -0.438. The topological polar surface area (TPSA) is 38.8 Å². The van der Waals surface area contributed by atoms with Crippen LogP contribution in [0.4, 0.5) is 10.5 Å². The molecule has 0 spiro atoms. The van der Waals surface area contributed by atoms with Crippen molar-refractivity contribution in [2.75, 3.05) is 18.6 Å². The number of benzene rings is 1. The predicted octanol–water partition coefficient (Wildman–Crippen LogP) is 4.76. The van der Waals surface area contributed by atoms with E-state index >= 15 is 0 Å². The maximum Gasteiger partial charge on any atom is 0.428 e. The Morgan fingerprint density at radius 1 is 1.40 bits per heavy atom. The van der Waals surface area contributed by atoms with Crippen molar-refractivity contribution >= 4 is 24.1 Å². The second kappa shape index (κ2) is 8.87. The van der Waals surface area contributed by atoms with E-state index in [1.807, 2.05) is 18.2 Å². The van der Waals surface area contributed by atoms with Crippen LogP contribution in [0, 0.1) is 0 Å². The van der Waals surface area contributed by atoms with Gasteiger partial charge < -0.3 is 4.18 Å². The number of hydrogen-bond acceptors (Lipinski definition) is 4. The smallest absolute Gasteiger partial charge is 0.346 e. The molecule has 1 aromatic rings. The van der Waals surface area contributed by atoms with Gasteiger partial charge >= 0.3 is 6.09 Å². The molecule has 0 N–H and O–H groups in total. The molecule has 0 aromatic heterocycles. The number of anilines is 1. The number of carbonyl (C=O) groups excluding carboxylic acids is 1. The fourth-order valence-electron chi connectivity index (χ4n) is 1.54. The highest BCUT2D eigenvalue weighted by atomic mass is 32.2. The molecule has 20 heavy (non-hydrogen) atoms. The Hall–Kier alpha value is -1.20. The molecule has 1 rings (SSSR count). The van der Waals surface area contributed by atoms with E-state index in [1.54, 1.807) is 7.05 Å². The Morgan fingerprint density at radius 2 is 2.15 bits per heavy atom. The molecule has 0 aliphatic carbocycles. The summed E-state index contributed by atoms with van der Waals surface area (Å²) in [6.45, 7) is 6.90. The summed E-state index contributed by atoms with van der Waals surface area (Å²) in [6, 6.07) is 7.87. The molecule has 0 aliphatic heterocycles. The molecular formula is C15H23NO3S. The number of carbonyl (C=O) groups is 1. The van der Waals surface area contributed by atoms with Crippen molar-refractivity contribution in [3.63, 3.8) is 0 Å². The van der Waals surface area contributed by atoms with E-state index in [4.69, 9.17) is 8.37 Å². The van der Waals surface area contributed by atoms with Crippen LogP contribution in [0.2, 0.25) is 0 Å². The predicted molar refractivity (Wildman–Crippen MR) is 83.9 cm³/mol. The van der Waals surface area contributed by atoms with Crippen molar-refractivity contribution in [1.29, 1.82) is 0 Å². The number of unbranched alkanes of at least 4 members (excludes halogenated alkanes) is 1. The normalized spacial score (nSPS) is 10.7. The molecule has 0 atom stereocenters. The Kier molecular flexibility index (Phi) is 7.47. The Balaban J connectivity index is 2.49. The zero-order valence-electron chi connectivity index (χ0n) is 12.6. The number of amides is 1. The fraction of sp³-hybridized carbons (Fsp3) is 0.533. The standard InChI is InChI=1S/C15H23NO3S/c1-5-6-10-18-20-19-15(17)16(4)14-9-7-8-13(11-14)12(2)3/h7-9,11-12H,5-6,10H2,1-4H3. The van der Waals surface area contributed by atoms with Crippen molar-refractivity contribution in [2.45, 2.75) is 39.5 Å². The van der Waals surface area contributed by atoms with Gasteiger partial charge in [0.2, 0.25) is 12.3 Å². The van der Waals surface area contributed by atoms with Crippen molar-refractivity contribution in [3.8, 4) is 0 Å². The Bertz CT molecular complexity index is 423. The molecule has 112 valence electrons. The van der Waals surface area contributed by atoms with Gasteiger partial charge in [0.25, 0.3) is 0 Å². The van der Waals surface area contributed by atoms with Gasteiger partial charge in [-0.1, -0.05) is 39.3 Å². The molecule has 0 fully saturated rings. The van der Waals surface area contributed by atoms with E-state index in [9.17, 15) is 4.79 Å². The molecule has 0 saturated heterocycles. The van der Waals surface area contributed by atoms with Crippen LogP contribution in [0.25, 0.3) is 0 Å². The quantitative estimate of drug-likeness (QED) is 0.537. The molecule has 1 aromatic carbocycles. The van der Waals surface area contributed by atoms with Crippen LogP contribution in [0.1, 0.15) is 45.1 Å². The van der Waals surface area contributed by atoms with Crippen LogP contribution >= 0.6 is 12.3 Å². The van der Waals surface area contributed by atoms with Crippen molar-refractivity contribution in [3.05, 3.63) is 29.8 Å². The van der Waals surface area contributed by atoms with Gasteiger partial charge in [-0.25, -0.2) is 4.79 Å². The molecule has 0 aliphatic rings. The van der Waals surface area contributed by atoms with Gasteiger partial charge in [0, 0.05) is 12.7 Å². The molecule has 0 bridgehead atoms. The molecule has 0 saturated carbocycles. The summed E-state index contributed by atoms with van der Waals surface area (Å²) >= 11 is 0.744. The first-order chi connectivity index (χ1) is 9.56. The van der Waals surface area contributed by atoms with E-state index in [2.05, 4.69) is 26.8 Å². The summed E-state index contributed by atoms with van der Waals surface area (Å²) in [4.78, 5) is 13.3. The molecule has 0 radical (unpaired) electrons. The molecule has 1 amide bonds. The molecular weight excluding hydrogens is 274 g/mol. The first kappa shape index (κ1) is 16.9. The van der Waals surface area contributed by atoms with Crippen LogP contribution in [-0.2, 0) is 8.37 Å². The lowest BCUT2D eigenvalue weighted by molar-refractivity contribution is 0.209. The van der Waals surface area contributed by atoms with E-state index < -0.39 is 6.09 Å². The maximum atomic E-state index is 11.9. The van der Waals surface area contributed by atoms with Crippen LogP contribution in [-0.4, -0.2) is 19.7 Å². The number of rotatable bonds is 7. The van der Waals surface area contributed by atoms with E-state index in [0.717, 1.165) is 30.9 Å². The zero-order valence-corrected chi connectivity index (χ0v) is 13.4. The zero-order chi connectivity index (χ0) is 15.0. The summed E-state index contributed by atoms with van der Waals surface area (Å²) in [5.41, 5.74) is 2.00. The van der Waals surface area contributed by atoms with Gasteiger partial charge in [-0.15, -0.1) is 0 Å². The van der Waals surface area contributed by atoms with Crippen LogP contribution in [0.5, 0.6) is 0 Å². The van der Waals surface area contributed by atoms with Crippen LogP contribution in [0.15, 0.2) is 24.3 Å². The minimum Gasteiger partial charge on any atom is -0.346 e. The summed E-state index contributed by atoms with van der Waals surface area (Å²) in [5, 5.41) is 0.